The summed E-state index contributed by atoms with van der Waals surface area (Å²) in [5, 5.41) is 16.7. The van der Waals surface area contributed by atoms with Crippen LogP contribution < -0.4 is 0 Å². The summed E-state index contributed by atoms with van der Waals surface area (Å²) in [6.07, 6.45) is 5.82. The first-order valence-electron chi connectivity index (χ1n) is 6.85. The molecular formula is C14H30NO4+. The van der Waals surface area contributed by atoms with E-state index in [2.05, 4.69) is 28.2 Å². The average molecular weight is 276 g/mol. The lowest BCUT2D eigenvalue weighted by atomic mass is 10.1. The van der Waals surface area contributed by atoms with Crippen LogP contribution in [0.5, 0.6) is 0 Å². The smallest absolute Gasteiger partial charge is 0.303 e. The quantitative estimate of drug-likeness (QED) is 0.501. The maximum Gasteiger partial charge on any atom is 0.303 e. The highest BCUT2D eigenvalue weighted by atomic mass is 16.4. The molecule has 0 aliphatic carbocycles. The Morgan fingerprint density at radius 2 is 0.895 bits per heavy atom. The zero-order chi connectivity index (χ0) is 15.3. The van der Waals surface area contributed by atoms with Crippen molar-refractivity contribution in [3.63, 3.8) is 0 Å². The first-order chi connectivity index (χ1) is 8.63. The summed E-state index contributed by atoms with van der Waals surface area (Å²) in [6, 6.07) is 0. The van der Waals surface area contributed by atoms with E-state index in [0.29, 0.717) is 0 Å². The molecule has 0 aliphatic rings. The number of carboxylic acids is 2. The summed E-state index contributed by atoms with van der Waals surface area (Å²) in [5.74, 6) is -1.48. The van der Waals surface area contributed by atoms with E-state index in [-0.39, 0.29) is 12.8 Å². The van der Waals surface area contributed by atoms with Crippen LogP contribution >= 0.6 is 0 Å². The molecule has 5 nitrogen and oxygen atoms in total. The molecule has 0 aromatic heterocycles. The minimum absolute atomic E-state index is 0.245. The van der Waals surface area contributed by atoms with Gasteiger partial charge in [-0.3, -0.25) is 9.59 Å². The summed E-state index contributed by atoms with van der Waals surface area (Å²) in [7, 11) is 8.50. The number of hydrogen-bond acceptors (Lipinski definition) is 2. The summed E-state index contributed by atoms with van der Waals surface area (Å²) >= 11 is 0. The Morgan fingerprint density at radius 3 is 1.11 bits per heavy atom. The van der Waals surface area contributed by atoms with Crippen molar-refractivity contribution in [3.05, 3.63) is 0 Å². The van der Waals surface area contributed by atoms with Crippen molar-refractivity contribution >= 4 is 11.9 Å². The van der Waals surface area contributed by atoms with Crippen LogP contribution in [0.15, 0.2) is 0 Å². The normalized spacial score (nSPS) is 10.5. The molecule has 0 amide bonds. The molecule has 0 atom stereocenters. The van der Waals surface area contributed by atoms with Crippen LogP contribution in [0.25, 0.3) is 0 Å². The molecule has 0 fully saturated rings. The first-order valence-corrected chi connectivity index (χ1v) is 6.85. The molecule has 2 N–H and O–H groups in total. The van der Waals surface area contributed by atoms with Crippen molar-refractivity contribution in [2.75, 3.05) is 28.2 Å². The van der Waals surface area contributed by atoms with E-state index in [0.717, 1.165) is 43.0 Å². The molecule has 0 bridgehead atoms. The van der Waals surface area contributed by atoms with Gasteiger partial charge in [0.25, 0.3) is 0 Å². The Kier molecular flexibility index (Phi) is 12.7. The largest absolute Gasteiger partial charge is 0.481 e. The van der Waals surface area contributed by atoms with E-state index in [4.69, 9.17) is 10.2 Å². The number of nitrogens with zero attached hydrogens (tertiary/aromatic N) is 1. The third-order valence-corrected chi connectivity index (χ3v) is 2.03. The fourth-order valence-corrected chi connectivity index (χ4v) is 1.26. The van der Waals surface area contributed by atoms with Crippen molar-refractivity contribution in [3.8, 4) is 0 Å². The Bertz CT molecular complexity index is 220. The summed E-state index contributed by atoms with van der Waals surface area (Å²) < 4.78 is 1.00. The molecule has 0 aromatic carbocycles. The summed E-state index contributed by atoms with van der Waals surface area (Å²) in [4.78, 5) is 20.3. The number of unbranched alkanes of at least 4 members (excludes halogenated alkanes) is 5. The lowest BCUT2D eigenvalue weighted by Crippen LogP contribution is -2.27. The molecule has 0 spiro atoms. The van der Waals surface area contributed by atoms with Gasteiger partial charge in [-0.2, -0.15) is 0 Å². The second kappa shape index (κ2) is 12.0. The molecular weight excluding hydrogens is 246 g/mol. The van der Waals surface area contributed by atoms with Gasteiger partial charge >= 0.3 is 11.9 Å². The molecule has 114 valence electrons. The Morgan fingerprint density at radius 1 is 0.684 bits per heavy atom. The lowest BCUT2D eigenvalue weighted by Gasteiger charge is -2.14. The van der Waals surface area contributed by atoms with Crippen molar-refractivity contribution in [2.45, 2.75) is 51.4 Å². The molecule has 0 heterocycles. The molecule has 0 rings (SSSR count). The van der Waals surface area contributed by atoms with Gasteiger partial charge < -0.3 is 14.7 Å². The zero-order valence-electron chi connectivity index (χ0n) is 12.8. The van der Waals surface area contributed by atoms with Crippen molar-refractivity contribution in [1.29, 1.82) is 0 Å². The van der Waals surface area contributed by atoms with E-state index in [1.807, 2.05) is 0 Å². The van der Waals surface area contributed by atoms with Gasteiger partial charge in [-0.05, 0) is 12.8 Å². The first kappa shape index (κ1) is 20.2. The fraction of sp³-hybridized carbons (Fsp3) is 0.857. The summed E-state index contributed by atoms with van der Waals surface area (Å²) in [6.45, 7) is 0. The number of quaternary nitrogens is 1. The van der Waals surface area contributed by atoms with Crippen LogP contribution in [-0.2, 0) is 9.59 Å². The van der Waals surface area contributed by atoms with Crippen LogP contribution in [0, 0.1) is 0 Å². The number of aliphatic carboxylic acids is 2. The second-order valence-electron chi connectivity index (χ2n) is 6.09. The summed E-state index contributed by atoms with van der Waals surface area (Å²) in [5.41, 5.74) is 0. The Hall–Kier alpha value is -1.10. The highest BCUT2D eigenvalue weighted by molar-refractivity contribution is 5.66. The number of carbonyl (C=O) groups is 2. The Balaban J connectivity index is 0. The predicted octanol–water partition coefficient (Wildman–Crippen LogP) is 2.60. The zero-order valence-corrected chi connectivity index (χ0v) is 12.8. The monoisotopic (exact) mass is 276 g/mol. The van der Waals surface area contributed by atoms with E-state index in [9.17, 15) is 9.59 Å². The molecule has 5 heteroatoms. The van der Waals surface area contributed by atoms with Crippen LogP contribution in [0.3, 0.4) is 0 Å². The molecule has 0 aromatic rings. The van der Waals surface area contributed by atoms with Crippen molar-refractivity contribution < 1.29 is 24.3 Å². The highest BCUT2D eigenvalue weighted by Crippen LogP contribution is 2.08. The standard InChI is InChI=1S/C10H18O4.C4H12N/c11-9(12)7-5-3-1-2-4-6-8-10(13)14;1-5(2,3)4/h1-8H2,(H,11,12)(H,13,14);1-4H3/q;+1. The van der Waals surface area contributed by atoms with E-state index >= 15 is 0 Å². The van der Waals surface area contributed by atoms with Crippen LogP contribution in [-0.4, -0.2) is 54.8 Å². The molecule has 19 heavy (non-hydrogen) atoms. The third-order valence-electron chi connectivity index (χ3n) is 2.03. The molecule has 0 saturated heterocycles. The maximum atomic E-state index is 10.1. The van der Waals surface area contributed by atoms with Gasteiger partial charge in [0.1, 0.15) is 0 Å². The van der Waals surface area contributed by atoms with Gasteiger partial charge in [-0.1, -0.05) is 25.7 Å². The average Bonchev–Trinajstić information content (AvgIpc) is 2.18. The van der Waals surface area contributed by atoms with Gasteiger partial charge in [0, 0.05) is 12.8 Å². The Labute approximate surface area is 116 Å². The van der Waals surface area contributed by atoms with E-state index in [1.165, 1.54) is 0 Å². The maximum absolute atomic E-state index is 10.1. The number of carboxylic acid groups (broad SMARTS) is 2. The van der Waals surface area contributed by atoms with Crippen molar-refractivity contribution in [2.24, 2.45) is 0 Å². The fourth-order valence-electron chi connectivity index (χ4n) is 1.26. The van der Waals surface area contributed by atoms with Crippen LogP contribution in [0.1, 0.15) is 51.4 Å². The number of rotatable bonds is 9. The predicted molar refractivity (Wildman–Crippen MR) is 76.2 cm³/mol. The van der Waals surface area contributed by atoms with Crippen LogP contribution in [0.4, 0.5) is 0 Å². The van der Waals surface area contributed by atoms with Crippen molar-refractivity contribution in [1.82, 2.24) is 0 Å². The highest BCUT2D eigenvalue weighted by Gasteiger charge is 1.98. The van der Waals surface area contributed by atoms with Gasteiger partial charge in [-0.15, -0.1) is 0 Å². The topological polar surface area (TPSA) is 74.6 Å². The SMILES string of the molecule is C[N+](C)(C)C.O=C(O)CCCCCCCCC(=O)O. The van der Waals surface area contributed by atoms with Gasteiger partial charge in [-0.25, -0.2) is 0 Å². The van der Waals surface area contributed by atoms with Gasteiger partial charge in [0.15, 0.2) is 0 Å². The molecule has 0 unspecified atom stereocenters. The third kappa shape index (κ3) is 38.3. The lowest BCUT2D eigenvalue weighted by molar-refractivity contribution is -0.849. The number of hydrogen-bond donors (Lipinski definition) is 2. The molecule has 0 saturated carbocycles. The molecule has 0 radical (unpaired) electrons. The van der Waals surface area contributed by atoms with Crippen LogP contribution in [0.2, 0.25) is 0 Å². The van der Waals surface area contributed by atoms with E-state index in [1.54, 1.807) is 0 Å². The van der Waals surface area contributed by atoms with Gasteiger partial charge in [0.05, 0.1) is 28.2 Å². The minimum atomic E-state index is -0.740. The van der Waals surface area contributed by atoms with Gasteiger partial charge in [0.2, 0.25) is 0 Å². The molecule has 0 aliphatic heterocycles. The van der Waals surface area contributed by atoms with E-state index < -0.39 is 11.9 Å². The minimum Gasteiger partial charge on any atom is -0.481 e. The second-order valence-corrected chi connectivity index (χ2v) is 6.09.